The van der Waals surface area contributed by atoms with Gasteiger partial charge < -0.3 is 0 Å². The molecule has 2 rings (SSSR count). The fourth-order valence-electron chi connectivity index (χ4n) is 1.80. The Hall–Kier alpha value is -1.59. The van der Waals surface area contributed by atoms with Gasteiger partial charge in [0.05, 0.1) is 10.6 Å². The van der Waals surface area contributed by atoms with Crippen molar-refractivity contribution < 1.29 is 12.8 Å². The number of aryl methyl sites for hydroxylation is 2. The maximum absolute atomic E-state index is 13.2. The second-order valence-electron chi connectivity index (χ2n) is 4.47. The third-order valence-electron chi connectivity index (χ3n) is 2.87. The van der Waals surface area contributed by atoms with Crippen molar-refractivity contribution >= 4 is 27.3 Å². The molecule has 0 spiro atoms. The summed E-state index contributed by atoms with van der Waals surface area (Å²) in [5, 5.41) is 0.521. The summed E-state index contributed by atoms with van der Waals surface area (Å²) in [6, 6.07) is 8.47. The van der Waals surface area contributed by atoms with E-state index >= 15 is 0 Å². The minimum atomic E-state index is -3.83. The van der Waals surface area contributed by atoms with Crippen molar-refractivity contribution in [3.05, 3.63) is 58.4 Å². The smallest absolute Gasteiger partial charge is 0.262 e. The first-order valence-corrected chi connectivity index (χ1v) is 7.71. The summed E-state index contributed by atoms with van der Waals surface area (Å²) in [7, 11) is -3.83. The van der Waals surface area contributed by atoms with Crippen molar-refractivity contribution in [2.45, 2.75) is 18.7 Å². The molecule has 0 aromatic heterocycles. The van der Waals surface area contributed by atoms with Crippen LogP contribution in [0, 0.1) is 19.7 Å². The molecule has 0 radical (unpaired) electrons. The predicted molar refractivity (Wildman–Crippen MR) is 78.1 cm³/mol. The molecule has 20 heavy (non-hydrogen) atoms. The highest BCUT2D eigenvalue weighted by Gasteiger charge is 2.18. The van der Waals surface area contributed by atoms with E-state index in [4.69, 9.17) is 11.6 Å². The molecule has 2 aromatic carbocycles. The molecule has 3 nitrogen and oxygen atoms in total. The number of nitrogens with one attached hydrogen (secondary N) is 1. The quantitative estimate of drug-likeness (QED) is 0.934. The number of hydrogen-bond donors (Lipinski definition) is 1. The minimum absolute atomic E-state index is 0.0770. The van der Waals surface area contributed by atoms with Crippen LogP contribution in [0.2, 0.25) is 5.02 Å². The molecule has 106 valence electrons. The Kier molecular flexibility index (Phi) is 4.01. The van der Waals surface area contributed by atoms with Crippen molar-refractivity contribution in [3.8, 4) is 0 Å². The fourth-order valence-corrected chi connectivity index (χ4v) is 3.42. The fraction of sp³-hybridized carbons (Fsp3) is 0.143. The van der Waals surface area contributed by atoms with Gasteiger partial charge in [-0.2, -0.15) is 0 Å². The highest BCUT2D eigenvalue weighted by atomic mass is 35.5. The zero-order chi connectivity index (χ0) is 14.9. The zero-order valence-corrected chi connectivity index (χ0v) is 12.5. The Balaban J connectivity index is 2.43. The molecule has 1 N–H and O–H groups in total. The molecular weight excluding hydrogens is 301 g/mol. The second-order valence-corrected chi connectivity index (χ2v) is 6.56. The van der Waals surface area contributed by atoms with E-state index < -0.39 is 15.8 Å². The second kappa shape index (κ2) is 5.42. The number of benzene rings is 2. The lowest BCUT2D eigenvalue weighted by molar-refractivity contribution is 0.594. The van der Waals surface area contributed by atoms with Crippen LogP contribution in [-0.4, -0.2) is 8.42 Å². The van der Waals surface area contributed by atoms with E-state index in [1.165, 1.54) is 12.1 Å². The van der Waals surface area contributed by atoms with Crippen LogP contribution < -0.4 is 4.72 Å². The molecular formula is C14H13ClFNO2S. The van der Waals surface area contributed by atoms with Crippen molar-refractivity contribution in [3.63, 3.8) is 0 Å². The molecule has 0 fully saturated rings. The summed E-state index contributed by atoms with van der Waals surface area (Å²) in [4.78, 5) is -0.0770. The van der Waals surface area contributed by atoms with Gasteiger partial charge >= 0.3 is 0 Å². The molecule has 0 atom stereocenters. The Labute approximate surface area is 122 Å². The molecule has 0 heterocycles. The first-order chi connectivity index (χ1) is 9.29. The maximum atomic E-state index is 13.2. The highest BCUT2D eigenvalue weighted by Crippen LogP contribution is 2.24. The van der Waals surface area contributed by atoms with Gasteiger partial charge in [-0.3, -0.25) is 4.72 Å². The molecule has 0 unspecified atom stereocenters. The molecule has 6 heteroatoms. The molecule has 0 aliphatic carbocycles. The van der Waals surface area contributed by atoms with Gasteiger partial charge in [-0.15, -0.1) is 0 Å². The van der Waals surface area contributed by atoms with Gasteiger partial charge in [-0.1, -0.05) is 17.7 Å². The van der Waals surface area contributed by atoms with Crippen LogP contribution >= 0.6 is 11.6 Å². The SMILES string of the molecule is Cc1cc(Cl)ccc1NS(=O)(=O)c1cc(F)ccc1C. The molecule has 0 aliphatic heterocycles. The summed E-state index contributed by atoms with van der Waals surface area (Å²) in [5.41, 5.74) is 1.58. The Morgan fingerprint density at radius 1 is 1.05 bits per heavy atom. The summed E-state index contributed by atoms with van der Waals surface area (Å²) in [6.07, 6.45) is 0. The lowest BCUT2D eigenvalue weighted by Gasteiger charge is -2.12. The molecule has 0 bridgehead atoms. The average molecular weight is 314 g/mol. The first-order valence-electron chi connectivity index (χ1n) is 5.85. The molecule has 0 saturated carbocycles. The van der Waals surface area contributed by atoms with Crippen molar-refractivity contribution in [2.24, 2.45) is 0 Å². The Morgan fingerprint density at radius 3 is 2.40 bits per heavy atom. The van der Waals surface area contributed by atoms with E-state index in [9.17, 15) is 12.8 Å². The number of anilines is 1. The maximum Gasteiger partial charge on any atom is 0.262 e. The number of hydrogen-bond acceptors (Lipinski definition) is 2. The van der Waals surface area contributed by atoms with Gasteiger partial charge in [-0.25, -0.2) is 12.8 Å². The zero-order valence-electron chi connectivity index (χ0n) is 10.9. The van der Waals surface area contributed by atoms with Crippen LogP contribution in [0.5, 0.6) is 0 Å². The average Bonchev–Trinajstić information content (AvgIpc) is 2.35. The van der Waals surface area contributed by atoms with Gasteiger partial charge in [-0.05, 0) is 55.3 Å². The summed E-state index contributed by atoms with van der Waals surface area (Å²) in [6.45, 7) is 3.35. The standard InChI is InChI=1S/C14H13ClFNO2S/c1-9-3-5-12(16)8-14(9)20(18,19)17-13-6-4-11(15)7-10(13)2/h3-8,17H,1-2H3. The van der Waals surface area contributed by atoms with Crippen LogP contribution in [0.15, 0.2) is 41.3 Å². The van der Waals surface area contributed by atoms with Crippen molar-refractivity contribution in [1.29, 1.82) is 0 Å². The topological polar surface area (TPSA) is 46.2 Å². The van der Waals surface area contributed by atoms with E-state index in [0.717, 1.165) is 6.07 Å². The number of rotatable bonds is 3. The number of sulfonamides is 1. The van der Waals surface area contributed by atoms with Crippen LogP contribution in [-0.2, 0) is 10.0 Å². The molecule has 0 aliphatic rings. The van der Waals surface area contributed by atoms with Crippen LogP contribution in [0.1, 0.15) is 11.1 Å². The van der Waals surface area contributed by atoms with Gasteiger partial charge in [0.1, 0.15) is 5.82 Å². The van der Waals surface area contributed by atoms with E-state index in [0.29, 0.717) is 21.8 Å². The Morgan fingerprint density at radius 2 is 1.75 bits per heavy atom. The molecule has 2 aromatic rings. The van der Waals surface area contributed by atoms with Gasteiger partial charge in [0, 0.05) is 5.02 Å². The monoisotopic (exact) mass is 313 g/mol. The normalized spacial score (nSPS) is 11.4. The summed E-state index contributed by atoms with van der Waals surface area (Å²) >= 11 is 5.82. The van der Waals surface area contributed by atoms with E-state index in [-0.39, 0.29) is 4.90 Å². The van der Waals surface area contributed by atoms with E-state index in [1.807, 2.05) is 0 Å². The first kappa shape index (κ1) is 14.8. The van der Waals surface area contributed by atoms with Gasteiger partial charge in [0.2, 0.25) is 0 Å². The Bertz CT molecular complexity index is 760. The number of halogens is 2. The van der Waals surface area contributed by atoms with Crippen LogP contribution in [0.3, 0.4) is 0 Å². The minimum Gasteiger partial charge on any atom is -0.279 e. The highest BCUT2D eigenvalue weighted by molar-refractivity contribution is 7.92. The largest absolute Gasteiger partial charge is 0.279 e. The third-order valence-corrected chi connectivity index (χ3v) is 4.62. The van der Waals surface area contributed by atoms with Crippen LogP contribution in [0.4, 0.5) is 10.1 Å². The van der Waals surface area contributed by atoms with E-state index in [2.05, 4.69) is 4.72 Å². The summed E-state index contributed by atoms with van der Waals surface area (Å²) < 4.78 is 40.3. The van der Waals surface area contributed by atoms with Gasteiger partial charge in [0.25, 0.3) is 10.0 Å². The lowest BCUT2D eigenvalue weighted by atomic mass is 10.2. The van der Waals surface area contributed by atoms with E-state index in [1.54, 1.807) is 32.0 Å². The molecule has 0 amide bonds. The molecule has 0 saturated heterocycles. The van der Waals surface area contributed by atoms with Gasteiger partial charge in [0.15, 0.2) is 0 Å². The van der Waals surface area contributed by atoms with Crippen molar-refractivity contribution in [2.75, 3.05) is 4.72 Å². The lowest BCUT2D eigenvalue weighted by Crippen LogP contribution is -2.15. The summed E-state index contributed by atoms with van der Waals surface area (Å²) in [5.74, 6) is -0.594. The third kappa shape index (κ3) is 3.11. The van der Waals surface area contributed by atoms with Crippen LogP contribution in [0.25, 0.3) is 0 Å². The predicted octanol–water partition coefficient (Wildman–Crippen LogP) is 3.90. The van der Waals surface area contributed by atoms with Crippen molar-refractivity contribution in [1.82, 2.24) is 0 Å².